The maximum atomic E-state index is 12.1. The van der Waals surface area contributed by atoms with Crippen molar-refractivity contribution in [2.75, 3.05) is 7.11 Å². The number of hydrogen-bond acceptors (Lipinski definition) is 4. The summed E-state index contributed by atoms with van der Waals surface area (Å²) in [6, 6.07) is 11.2. The molecule has 0 N–H and O–H groups in total. The van der Waals surface area contributed by atoms with E-state index in [1.165, 1.54) is 0 Å². The summed E-state index contributed by atoms with van der Waals surface area (Å²) in [4.78, 5) is 16.7. The van der Waals surface area contributed by atoms with Crippen LogP contribution in [0.1, 0.15) is 31.9 Å². The van der Waals surface area contributed by atoms with Crippen LogP contribution in [0.15, 0.2) is 41.2 Å². The normalized spacial score (nSPS) is 11.0. The maximum Gasteiger partial charge on any atom is 0.266 e. The highest BCUT2D eigenvalue weighted by atomic mass is 16.5. The molecule has 5 nitrogen and oxygen atoms in total. The van der Waals surface area contributed by atoms with Gasteiger partial charge in [0.2, 0.25) is 0 Å². The van der Waals surface area contributed by atoms with E-state index < -0.39 is 0 Å². The van der Waals surface area contributed by atoms with Gasteiger partial charge in [-0.2, -0.15) is 5.10 Å². The minimum Gasteiger partial charge on any atom is -0.494 e. The average molecular weight is 337 g/mol. The highest BCUT2D eigenvalue weighted by Crippen LogP contribution is 2.32. The van der Waals surface area contributed by atoms with Gasteiger partial charge in [0.05, 0.1) is 12.8 Å². The Bertz CT molecular complexity index is 947. The molecular weight excluding hydrogens is 314 g/mol. The molecule has 0 saturated heterocycles. The molecule has 1 aromatic carbocycles. The van der Waals surface area contributed by atoms with E-state index in [0.29, 0.717) is 6.54 Å². The standard InChI is InChI=1S/C20H23N3O2/c1-4-5-6-13-23-19(24)12-10-17(22-23)15-9-11-18(25-3)20-16(15)8-7-14(2)21-20/h7-12H,4-6,13H2,1-3H3. The largest absolute Gasteiger partial charge is 0.494 e. The third kappa shape index (κ3) is 3.55. The van der Waals surface area contributed by atoms with E-state index in [4.69, 9.17) is 4.74 Å². The minimum atomic E-state index is -0.0633. The van der Waals surface area contributed by atoms with Crippen molar-refractivity contribution in [2.24, 2.45) is 0 Å². The zero-order valence-corrected chi connectivity index (χ0v) is 15.0. The molecule has 0 saturated carbocycles. The summed E-state index contributed by atoms with van der Waals surface area (Å²) in [5.41, 5.74) is 3.40. The Morgan fingerprint density at radius 2 is 1.92 bits per heavy atom. The molecule has 0 aliphatic heterocycles. The first kappa shape index (κ1) is 17.1. The lowest BCUT2D eigenvalue weighted by Crippen LogP contribution is -2.22. The number of aryl methyl sites for hydroxylation is 2. The van der Waals surface area contributed by atoms with Crippen molar-refractivity contribution in [3.05, 3.63) is 52.4 Å². The fourth-order valence-electron chi connectivity index (χ4n) is 2.94. The van der Waals surface area contributed by atoms with E-state index in [1.54, 1.807) is 23.9 Å². The highest BCUT2D eigenvalue weighted by molar-refractivity contribution is 5.97. The minimum absolute atomic E-state index is 0.0633. The predicted octanol–water partition coefficient (Wildman–Crippen LogP) is 3.97. The van der Waals surface area contributed by atoms with Gasteiger partial charge in [0.1, 0.15) is 11.3 Å². The molecule has 5 heteroatoms. The average Bonchev–Trinajstić information content (AvgIpc) is 2.62. The van der Waals surface area contributed by atoms with Crippen LogP contribution in [0.2, 0.25) is 0 Å². The number of hydrogen-bond donors (Lipinski definition) is 0. The van der Waals surface area contributed by atoms with Crippen molar-refractivity contribution >= 4 is 10.9 Å². The number of methoxy groups -OCH3 is 1. The molecule has 2 heterocycles. The predicted molar refractivity (Wildman–Crippen MR) is 100 cm³/mol. The summed E-state index contributed by atoms with van der Waals surface area (Å²) in [6.45, 7) is 4.74. The first-order valence-electron chi connectivity index (χ1n) is 8.67. The summed E-state index contributed by atoms with van der Waals surface area (Å²) >= 11 is 0. The van der Waals surface area contributed by atoms with Gasteiger partial charge in [-0.15, -0.1) is 0 Å². The SMILES string of the molecule is CCCCCn1nc(-c2ccc(OC)c3nc(C)ccc23)ccc1=O. The van der Waals surface area contributed by atoms with E-state index in [2.05, 4.69) is 17.0 Å². The quantitative estimate of drug-likeness (QED) is 0.639. The van der Waals surface area contributed by atoms with E-state index >= 15 is 0 Å². The molecule has 0 amide bonds. The fraction of sp³-hybridized carbons (Fsp3) is 0.350. The number of unbranched alkanes of at least 4 members (excludes halogenated alkanes) is 2. The van der Waals surface area contributed by atoms with Crippen molar-refractivity contribution in [1.82, 2.24) is 14.8 Å². The van der Waals surface area contributed by atoms with Crippen LogP contribution in [0.4, 0.5) is 0 Å². The van der Waals surface area contributed by atoms with Gasteiger partial charge in [-0.25, -0.2) is 9.67 Å². The summed E-state index contributed by atoms with van der Waals surface area (Å²) in [6.07, 6.45) is 3.16. The Balaban J connectivity index is 2.10. The van der Waals surface area contributed by atoms with Crippen LogP contribution < -0.4 is 10.3 Å². The van der Waals surface area contributed by atoms with Crippen LogP contribution in [0.5, 0.6) is 5.75 Å². The number of benzene rings is 1. The van der Waals surface area contributed by atoms with Gasteiger partial charge in [-0.05, 0) is 37.6 Å². The molecule has 3 aromatic rings. The van der Waals surface area contributed by atoms with E-state index in [-0.39, 0.29) is 5.56 Å². The maximum absolute atomic E-state index is 12.1. The summed E-state index contributed by atoms with van der Waals surface area (Å²) in [7, 11) is 1.64. The highest BCUT2D eigenvalue weighted by Gasteiger charge is 2.12. The number of pyridine rings is 1. The Morgan fingerprint density at radius 1 is 1.08 bits per heavy atom. The van der Waals surface area contributed by atoms with Gasteiger partial charge >= 0.3 is 0 Å². The molecule has 0 aliphatic rings. The topological polar surface area (TPSA) is 57.0 Å². The van der Waals surface area contributed by atoms with Gasteiger partial charge in [0, 0.05) is 29.3 Å². The van der Waals surface area contributed by atoms with E-state index in [0.717, 1.165) is 52.9 Å². The number of nitrogens with zero attached hydrogens (tertiary/aromatic N) is 3. The van der Waals surface area contributed by atoms with E-state index in [9.17, 15) is 4.79 Å². The molecule has 0 spiro atoms. The van der Waals surface area contributed by atoms with Crippen LogP contribution in [-0.4, -0.2) is 21.9 Å². The molecule has 2 aromatic heterocycles. The Morgan fingerprint density at radius 3 is 2.68 bits per heavy atom. The number of rotatable bonds is 6. The molecule has 25 heavy (non-hydrogen) atoms. The van der Waals surface area contributed by atoms with Gasteiger partial charge in [-0.3, -0.25) is 4.79 Å². The summed E-state index contributed by atoms with van der Waals surface area (Å²) in [5.74, 6) is 0.735. The Kier molecular flexibility index (Phi) is 5.12. The summed E-state index contributed by atoms with van der Waals surface area (Å²) < 4.78 is 7.00. The van der Waals surface area contributed by atoms with Gasteiger partial charge in [0.15, 0.2) is 0 Å². The molecule has 3 rings (SSSR count). The van der Waals surface area contributed by atoms with Crippen molar-refractivity contribution in [2.45, 2.75) is 39.7 Å². The zero-order valence-electron chi connectivity index (χ0n) is 15.0. The van der Waals surface area contributed by atoms with Crippen molar-refractivity contribution in [3.8, 4) is 17.0 Å². The van der Waals surface area contributed by atoms with Gasteiger partial charge in [0.25, 0.3) is 5.56 Å². The molecule has 0 unspecified atom stereocenters. The Hall–Kier alpha value is -2.69. The molecule has 0 atom stereocenters. The second-order valence-corrected chi connectivity index (χ2v) is 6.15. The lowest BCUT2D eigenvalue weighted by atomic mass is 10.0. The lowest BCUT2D eigenvalue weighted by Gasteiger charge is -2.11. The zero-order chi connectivity index (χ0) is 17.8. The Labute approximate surface area is 147 Å². The molecule has 0 fully saturated rings. The monoisotopic (exact) mass is 337 g/mol. The second-order valence-electron chi connectivity index (χ2n) is 6.15. The fourth-order valence-corrected chi connectivity index (χ4v) is 2.94. The molecule has 0 aliphatic carbocycles. The van der Waals surface area contributed by atoms with Crippen molar-refractivity contribution < 1.29 is 4.74 Å². The number of aromatic nitrogens is 3. The van der Waals surface area contributed by atoms with Crippen molar-refractivity contribution in [1.29, 1.82) is 0 Å². The number of fused-ring (bicyclic) bond motifs is 1. The second kappa shape index (κ2) is 7.47. The number of ether oxygens (including phenoxy) is 1. The smallest absolute Gasteiger partial charge is 0.266 e. The third-order valence-electron chi connectivity index (χ3n) is 4.30. The van der Waals surface area contributed by atoms with Crippen LogP contribution >= 0.6 is 0 Å². The summed E-state index contributed by atoms with van der Waals surface area (Å²) in [5, 5.41) is 5.55. The molecule has 0 radical (unpaired) electrons. The van der Waals surface area contributed by atoms with Crippen molar-refractivity contribution in [3.63, 3.8) is 0 Å². The first-order chi connectivity index (χ1) is 12.1. The lowest BCUT2D eigenvalue weighted by molar-refractivity contribution is 0.419. The molecule has 0 bridgehead atoms. The van der Waals surface area contributed by atoms with Gasteiger partial charge < -0.3 is 4.74 Å². The first-order valence-corrected chi connectivity index (χ1v) is 8.67. The van der Waals surface area contributed by atoms with Crippen LogP contribution in [0, 0.1) is 6.92 Å². The van der Waals surface area contributed by atoms with Gasteiger partial charge in [-0.1, -0.05) is 25.8 Å². The molecular formula is C20H23N3O2. The van der Waals surface area contributed by atoms with E-state index in [1.807, 2.05) is 31.2 Å². The van der Waals surface area contributed by atoms with Crippen LogP contribution in [0.3, 0.4) is 0 Å². The third-order valence-corrected chi connectivity index (χ3v) is 4.30. The van der Waals surface area contributed by atoms with Crippen LogP contribution in [-0.2, 0) is 6.54 Å². The molecule has 130 valence electrons. The van der Waals surface area contributed by atoms with Crippen LogP contribution in [0.25, 0.3) is 22.2 Å².